The molecule has 1 rings (SSSR count). The predicted octanol–water partition coefficient (Wildman–Crippen LogP) is -1.59. The van der Waals surface area contributed by atoms with E-state index < -0.39 is 90.7 Å². The summed E-state index contributed by atoms with van der Waals surface area (Å²) in [5.74, 6) is -5.70. The molecule has 0 heterocycles. The number of nitrogens with one attached hydrogen (secondary N) is 6. The average molecular weight is 735 g/mol. The lowest BCUT2D eigenvalue weighted by Gasteiger charge is -2.27. The first-order chi connectivity index (χ1) is 24.5. The van der Waals surface area contributed by atoms with E-state index in [0.717, 1.165) is 12.8 Å². The number of aliphatic hydroxyl groups excluding tert-OH is 1. The summed E-state index contributed by atoms with van der Waals surface area (Å²) in [5.41, 5.74) is 11.7. The maximum Gasteiger partial charge on any atom is 0.305 e. The number of carboxylic acid groups (broad SMARTS) is 1. The van der Waals surface area contributed by atoms with Gasteiger partial charge in [-0.3, -0.25) is 33.6 Å². The van der Waals surface area contributed by atoms with Crippen LogP contribution < -0.4 is 43.4 Å². The quantitative estimate of drug-likeness (QED) is 0.0512. The second kappa shape index (κ2) is 23.8. The van der Waals surface area contributed by atoms with Crippen LogP contribution in [0.15, 0.2) is 30.3 Å². The van der Waals surface area contributed by atoms with Gasteiger partial charge in [-0.25, -0.2) is 0 Å². The number of primary amides is 1. The number of benzene rings is 1. The van der Waals surface area contributed by atoms with Crippen molar-refractivity contribution in [1.29, 1.82) is 0 Å². The van der Waals surface area contributed by atoms with Gasteiger partial charge < -0.3 is 53.6 Å². The van der Waals surface area contributed by atoms with Gasteiger partial charge in [0, 0.05) is 19.5 Å². The third kappa shape index (κ3) is 17.1. The standard InChI is InChI=1S/C35H58N8O9/c1-6-7-13-24(30(37)47)40-32(49)25(16-20(2)3)38-14-15-39-35(52)29(21(4)5)43-33(50)26(17-22-11-9-8-10-12-22)41-34(51)27(19-44)42-31(48)23(36)18-28(45)46/h8-12,20-21,23-27,29,38,44H,6-7,13-19,36H2,1-5H3,(H2,37,47)(H,39,52)(H,40,49)(H,41,51)(H,42,48)(H,43,50)(H,45,46)/t23-,24-,25-,26-,27-,29-/m0/s1. The Kier molecular flexibility index (Phi) is 20.8. The van der Waals surface area contributed by atoms with Crippen molar-refractivity contribution in [3.63, 3.8) is 0 Å². The molecule has 0 aliphatic rings. The summed E-state index contributed by atoms with van der Waals surface area (Å²) in [6.45, 7) is 8.75. The van der Waals surface area contributed by atoms with E-state index in [-0.39, 0.29) is 31.3 Å². The van der Waals surface area contributed by atoms with Crippen LogP contribution in [0.2, 0.25) is 0 Å². The molecule has 0 saturated heterocycles. The Labute approximate surface area is 305 Å². The molecule has 0 radical (unpaired) electrons. The highest BCUT2D eigenvalue weighted by Gasteiger charge is 2.32. The van der Waals surface area contributed by atoms with Crippen LogP contribution >= 0.6 is 0 Å². The molecular weight excluding hydrogens is 676 g/mol. The minimum atomic E-state index is -1.55. The molecule has 52 heavy (non-hydrogen) atoms. The van der Waals surface area contributed by atoms with E-state index in [4.69, 9.17) is 16.6 Å². The molecule has 0 spiro atoms. The number of unbranched alkanes of at least 4 members (excludes halogenated alkanes) is 1. The molecule has 0 bridgehead atoms. The fourth-order valence-corrected chi connectivity index (χ4v) is 5.14. The SMILES string of the molecule is CCCC[C@H](NC(=O)[C@H](CC(C)C)NCCNC(=O)[C@@H](NC(=O)[C@H](Cc1ccccc1)NC(=O)[C@H](CO)NC(=O)[C@@H](N)CC(=O)O)C(C)C)C(N)=O. The Morgan fingerprint density at radius 3 is 1.87 bits per heavy atom. The molecule has 17 nitrogen and oxygen atoms in total. The summed E-state index contributed by atoms with van der Waals surface area (Å²) in [5, 5.41) is 34.7. The van der Waals surface area contributed by atoms with Gasteiger partial charge in [-0.15, -0.1) is 0 Å². The number of aliphatic hydroxyl groups is 1. The van der Waals surface area contributed by atoms with E-state index in [1.54, 1.807) is 44.2 Å². The van der Waals surface area contributed by atoms with Crippen LogP contribution in [-0.4, -0.2) is 108 Å². The Morgan fingerprint density at radius 2 is 1.33 bits per heavy atom. The van der Waals surface area contributed by atoms with Gasteiger partial charge in [-0.1, -0.05) is 77.8 Å². The zero-order chi connectivity index (χ0) is 39.4. The molecule has 6 amide bonds. The second-order valence-electron chi connectivity index (χ2n) is 13.5. The normalized spacial score (nSPS) is 14.6. The smallest absolute Gasteiger partial charge is 0.305 e. The number of carbonyl (C=O) groups excluding carboxylic acids is 6. The van der Waals surface area contributed by atoms with Crippen LogP contribution in [0.5, 0.6) is 0 Å². The molecule has 0 aromatic heterocycles. The van der Waals surface area contributed by atoms with Crippen molar-refractivity contribution in [2.45, 2.75) is 109 Å². The van der Waals surface area contributed by atoms with Gasteiger partial charge in [0.15, 0.2) is 0 Å². The van der Waals surface area contributed by atoms with Crippen LogP contribution in [0, 0.1) is 11.8 Å². The van der Waals surface area contributed by atoms with Crippen molar-refractivity contribution in [2.75, 3.05) is 19.7 Å². The first-order valence-electron chi connectivity index (χ1n) is 17.6. The highest BCUT2D eigenvalue weighted by Crippen LogP contribution is 2.09. The fraction of sp³-hybridized carbons (Fsp3) is 0.629. The Morgan fingerprint density at radius 1 is 0.750 bits per heavy atom. The summed E-state index contributed by atoms with van der Waals surface area (Å²) in [4.78, 5) is 88.3. The molecular formula is C35H58N8O9. The van der Waals surface area contributed by atoms with Gasteiger partial charge >= 0.3 is 5.97 Å². The maximum atomic E-state index is 13.6. The maximum absolute atomic E-state index is 13.6. The molecule has 12 N–H and O–H groups in total. The molecule has 0 saturated carbocycles. The second-order valence-corrected chi connectivity index (χ2v) is 13.5. The van der Waals surface area contributed by atoms with E-state index in [1.165, 1.54) is 0 Å². The minimum Gasteiger partial charge on any atom is -0.481 e. The number of aliphatic carboxylic acids is 1. The lowest BCUT2D eigenvalue weighted by molar-refractivity contribution is -0.140. The largest absolute Gasteiger partial charge is 0.481 e. The zero-order valence-corrected chi connectivity index (χ0v) is 30.8. The van der Waals surface area contributed by atoms with Crippen LogP contribution in [0.1, 0.15) is 72.3 Å². The Balaban J connectivity index is 3.00. The molecule has 17 heteroatoms. The topological polar surface area (TPSA) is 284 Å². The first-order valence-corrected chi connectivity index (χ1v) is 17.6. The third-order valence-corrected chi connectivity index (χ3v) is 8.05. The van der Waals surface area contributed by atoms with Crippen molar-refractivity contribution >= 4 is 41.4 Å². The van der Waals surface area contributed by atoms with Crippen LogP contribution in [0.25, 0.3) is 0 Å². The minimum absolute atomic E-state index is 0.00620. The number of rotatable bonds is 25. The Hall–Kier alpha value is -4.61. The van der Waals surface area contributed by atoms with Crippen LogP contribution in [0.4, 0.5) is 0 Å². The van der Waals surface area contributed by atoms with Gasteiger partial charge in [0.05, 0.1) is 25.1 Å². The molecule has 292 valence electrons. The summed E-state index contributed by atoms with van der Waals surface area (Å²) in [6.07, 6.45) is 1.75. The van der Waals surface area contributed by atoms with Crippen LogP contribution in [-0.2, 0) is 40.0 Å². The molecule has 0 aliphatic heterocycles. The first kappa shape index (κ1) is 45.4. The molecule has 0 aliphatic carbocycles. The van der Waals surface area contributed by atoms with E-state index in [0.29, 0.717) is 18.4 Å². The van der Waals surface area contributed by atoms with Gasteiger partial charge in [0.1, 0.15) is 24.2 Å². The number of carbonyl (C=O) groups is 7. The van der Waals surface area contributed by atoms with Gasteiger partial charge in [-0.05, 0) is 30.2 Å². The van der Waals surface area contributed by atoms with Crippen molar-refractivity contribution in [3.8, 4) is 0 Å². The average Bonchev–Trinajstić information content (AvgIpc) is 3.07. The zero-order valence-electron chi connectivity index (χ0n) is 30.8. The molecule has 6 atom stereocenters. The van der Waals surface area contributed by atoms with Crippen LogP contribution in [0.3, 0.4) is 0 Å². The number of nitrogens with two attached hydrogens (primary N) is 2. The third-order valence-electron chi connectivity index (χ3n) is 8.05. The molecule has 0 unspecified atom stereocenters. The van der Waals surface area contributed by atoms with E-state index in [1.807, 2.05) is 20.8 Å². The van der Waals surface area contributed by atoms with E-state index in [9.17, 15) is 38.7 Å². The summed E-state index contributed by atoms with van der Waals surface area (Å²) in [7, 11) is 0. The highest BCUT2D eigenvalue weighted by atomic mass is 16.4. The van der Waals surface area contributed by atoms with Crippen molar-refractivity contribution < 1.29 is 43.8 Å². The Bertz CT molecular complexity index is 1330. The lowest BCUT2D eigenvalue weighted by Crippen LogP contribution is -2.60. The van der Waals surface area contributed by atoms with Gasteiger partial charge in [0.2, 0.25) is 35.4 Å². The van der Waals surface area contributed by atoms with Gasteiger partial charge in [-0.2, -0.15) is 0 Å². The number of hydrogen-bond donors (Lipinski definition) is 10. The van der Waals surface area contributed by atoms with E-state index >= 15 is 0 Å². The fourth-order valence-electron chi connectivity index (χ4n) is 5.14. The molecule has 1 aromatic carbocycles. The molecule has 0 fully saturated rings. The van der Waals surface area contributed by atoms with Crippen molar-refractivity contribution in [3.05, 3.63) is 35.9 Å². The number of amides is 6. The lowest BCUT2D eigenvalue weighted by atomic mass is 10.0. The summed E-state index contributed by atoms with van der Waals surface area (Å²) < 4.78 is 0. The monoisotopic (exact) mass is 734 g/mol. The summed E-state index contributed by atoms with van der Waals surface area (Å²) in [6, 6.07) is 1.96. The molecule has 1 aromatic rings. The number of hydrogen-bond acceptors (Lipinski definition) is 10. The highest BCUT2D eigenvalue weighted by molar-refractivity contribution is 5.95. The number of carboxylic acids is 1. The summed E-state index contributed by atoms with van der Waals surface area (Å²) >= 11 is 0. The van der Waals surface area contributed by atoms with E-state index in [2.05, 4.69) is 31.9 Å². The van der Waals surface area contributed by atoms with Crippen molar-refractivity contribution in [1.82, 2.24) is 31.9 Å². The van der Waals surface area contributed by atoms with Crippen molar-refractivity contribution in [2.24, 2.45) is 23.3 Å². The van der Waals surface area contributed by atoms with Gasteiger partial charge in [0.25, 0.3) is 0 Å². The predicted molar refractivity (Wildman–Crippen MR) is 193 cm³/mol.